The van der Waals surface area contributed by atoms with Gasteiger partial charge in [0.25, 0.3) is 0 Å². The van der Waals surface area contributed by atoms with Crippen molar-refractivity contribution in [1.29, 1.82) is 0 Å². The van der Waals surface area contributed by atoms with Gasteiger partial charge in [0, 0.05) is 10.4 Å². The summed E-state index contributed by atoms with van der Waals surface area (Å²) in [4.78, 5) is 10.2. The third-order valence-electron chi connectivity index (χ3n) is 2.90. The molecule has 6 nitrogen and oxygen atoms in total. The van der Waals surface area contributed by atoms with Gasteiger partial charge in [-0.3, -0.25) is 10.1 Å². The Balaban J connectivity index is 2.01. The van der Waals surface area contributed by atoms with Crippen LogP contribution in [0.1, 0.15) is 11.7 Å². The van der Waals surface area contributed by atoms with Gasteiger partial charge in [0.2, 0.25) is 6.54 Å². The molecule has 0 aromatic heterocycles. The average Bonchev–Trinajstić information content (AvgIpc) is 2.51. The molecule has 1 aromatic carbocycles. The van der Waals surface area contributed by atoms with Gasteiger partial charge in [0.1, 0.15) is 18.5 Å². The SMILES string of the molecule is O=[N+]([O-])CC1OB2OCCOc3cccc1c32. The van der Waals surface area contributed by atoms with Crippen molar-refractivity contribution in [3.05, 3.63) is 33.9 Å². The third-order valence-corrected chi connectivity index (χ3v) is 2.90. The lowest BCUT2D eigenvalue weighted by Gasteiger charge is -2.09. The molecular formula is C10H10BNO5. The number of ether oxygens (including phenoxy) is 1. The molecule has 2 heterocycles. The summed E-state index contributed by atoms with van der Waals surface area (Å²) in [6.07, 6.45) is -0.549. The summed E-state index contributed by atoms with van der Waals surface area (Å²) in [5.41, 5.74) is 1.60. The first-order valence-electron chi connectivity index (χ1n) is 5.40. The Labute approximate surface area is 97.8 Å². The molecule has 0 saturated carbocycles. The largest absolute Gasteiger partial charge is 0.498 e. The molecule has 2 aliphatic heterocycles. The van der Waals surface area contributed by atoms with Crippen LogP contribution in [0.15, 0.2) is 18.2 Å². The molecule has 0 amide bonds. The fraction of sp³-hybridized carbons (Fsp3) is 0.400. The molecule has 0 aliphatic carbocycles. The highest BCUT2D eigenvalue weighted by molar-refractivity contribution is 6.64. The van der Waals surface area contributed by atoms with Gasteiger partial charge in [-0.1, -0.05) is 12.1 Å². The van der Waals surface area contributed by atoms with E-state index in [1.54, 1.807) is 0 Å². The van der Waals surface area contributed by atoms with E-state index >= 15 is 0 Å². The summed E-state index contributed by atoms with van der Waals surface area (Å²) in [6.45, 7) is 0.635. The second-order valence-electron chi connectivity index (χ2n) is 3.95. The lowest BCUT2D eigenvalue weighted by atomic mass is 9.78. The minimum Gasteiger partial charge on any atom is -0.492 e. The van der Waals surface area contributed by atoms with Crippen molar-refractivity contribution in [3.8, 4) is 5.75 Å². The molecule has 3 rings (SSSR count). The zero-order chi connectivity index (χ0) is 11.8. The predicted molar refractivity (Wildman–Crippen MR) is 59.0 cm³/mol. The van der Waals surface area contributed by atoms with Gasteiger partial charge in [-0.05, 0) is 11.6 Å². The fourth-order valence-corrected chi connectivity index (χ4v) is 2.22. The van der Waals surface area contributed by atoms with Crippen LogP contribution in [-0.2, 0) is 9.31 Å². The molecule has 1 aromatic rings. The molecule has 7 heteroatoms. The van der Waals surface area contributed by atoms with E-state index < -0.39 is 13.2 Å². The summed E-state index contributed by atoms with van der Waals surface area (Å²) in [5, 5.41) is 10.6. The average molecular weight is 235 g/mol. The first-order valence-corrected chi connectivity index (χ1v) is 5.40. The highest BCUT2D eigenvalue weighted by atomic mass is 16.6. The van der Waals surface area contributed by atoms with E-state index in [1.165, 1.54) is 0 Å². The number of benzene rings is 1. The van der Waals surface area contributed by atoms with Crippen molar-refractivity contribution in [2.75, 3.05) is 19.8 Å². The maximum atomic E-state index is 10.6. The van der Waals surface area contributed by atoms with Crippen LogP contribution in [0.2, 0.25) is 0 Å². The van der Waals surface area contributed by atoms with Crippen molar-refractivity contribution < 1.29 is 19.0 Å². The van der Waals surface area contributed by atoms with Crippen LogP contribution in [0.5, 0.6) is 5.75 Å². The highest BCUT2D eigenvalue weighted by Gasteiger charge is 2.43. The molecule has 17 heavy (non-hydrogen) atoms. The van der Waals surface area contributed by atoms with Gasteiger partial charge >= 0.3 is 7.12 Å². The van der Waals surface area contributed by atoms with Gasteiger partial charge in [-0.2, -0.15) is 0 Å². The third kappa shape index (κ3) is 1.77. The minimum atomic E-state index is -0.549. The van der Waals surface area contributed by atoms with Crippen LogP contribution < -0.4 is 10.2 Å². The summed E-state index contributed by atoms with van der Waals surface area (Å²) < 4.78 is 16.6. The van der Waals surface area contributed by atoms with Crippen LogP contribution in [0.3, 0.4) is 0 Å². The van der Waals surface area contributed by atoms with Crippen molar-refractivity contribution in [2.45, 2.75) is 6.10 Å². The highest BCUT2D eigenvalue weighted by Crippen LogP contribution is 2.29. The van der Waals surface area contributed by atoms with Gasteiger partial charge in [-0.15, -0.1) is 0 Å². The quantitative estimate of drug-likeness (QED) is 0.414. The monoisotopic (exact) mass is 235 g/mol. The maximum Gasteiger partial charge on any atom is 0.498 e. The molecular weight excluding hydrogens is 225 g/mol. The Morgan fingerprint density at radius 2 is 2.35 bits per heavy atom. The van der Waals surface area contributed by atoms with Crippen LogP contribution >= 0.6 is 0 Å². The lowest BCUT2D eigenvalue weighted by Crippen LogP contribution is -2.31. The van der Waals surface area contributed by atoms with Crippen molar-refractivity contribution in [2.24, 2.45) is 0 Å². The standard InChI is InChI=1S/C10H10BNO5/c13-12(14)6-9-7-2-1-3-8-10(7)11(17-9)16-5-4-15-8/h1-3,9H,4-6H2. The number of nitrogens with zero attached hydrogens (tertiary/aromatic N) is 1. The molecule has 0 bridgehead atoms. The Hall–Kier alpha value is -1.60. The van der Waals surface area contributed by atoms with E-state index in [2.05, 4.69) is 0 Å². The van der Waals surface area contributed by atoms with Gasteiger partial charge in [0.05, 0.1) is 6.61 Å². The Morgan fingerprint density at radius 3 is 3.18 bits per heavy atom. The predicted octanol–water partition coefficient (Wildman–Crippen LogP) is 0.139. The molecule has 0 fully saturated rings. The van der Waals surface area contributed by atoms with E-state index in [0.29, 0.717) is 19.0 Å². The number of rotatable bonds is 2. The fourth-order valence-electron chi connectivity index (χ4n) is 2.22. The molecule has 2 aliphatic rings. The van der Waals surface area contributed by atoms with E-state index in [0.717, 1.165) is 11.0 Å². The summed E-state index contributed by atoms with van der Waals surface area (Å²) in [6, 6.07) is 5.47. The van der Waals surface area contributed by atoms with E-state index in [9.17, 15) is 10.1 Å². The summed E-state index contributed by atoms with van der Waals surface area (Å²) in [5.74, 6) is 0.704. The summed E-state index contributed by atoms with van der Waals surface area (Å²) in [7, 11) is -0.534. The molecule has 0 radical (unpaired) electrons. The van der Waals surface area contributed by atoms with Crippen LogP contribution in [0.4, 0.5) is 0 Å². The van der Waals surface area contributed by atoms with E-state index in [-0.39, 0.29) is 11.5 Å². The van der Waals surface area contributed by atoms with Gasteiger partial charge in [-0.25, -0.2) is 0 Å². The Morgan fingerprint density at radius 1 is 1.47 bits per heavy atom. The van der Waals surface area contributed by atoms with Crippen LogP contribution in [-0.4, -0.2) is 31.8 Å². The van der Waals surface area contributed by atoms with Gasteiger partial charge in [0.15, 0.2) is 0 Å². The van der Waals surface area contributed by atoms with Crippen LogP contribution in [0.25, 0.3) is 0 Å². The topological polar surface area (TPSA) is 70.8 Å². The number of hydrogen-bond acceptors (Lipinski definition) is 5. The second kappa shape index (κ2) is 4.01. The maximum absolute atomic E-state index is 10.6. The lowest BCUT2D eigenvalue weighted by molar-refractivity contribution is -0.490. The second-order valence-corrected chi connectivity index (χ2v) is 3.95. The molecule has 1 unspecified atom stereocenters. The molecule has 0 saturated heterocycles. The molecule has 88 valence electrons. The first-order chi connectivity index (χ1) is 8.25. The number of hydrogen-bond donors (Lipinski definition) is 0. The van der Waals surface area contributed by atoms with E-state index in [1.807, 2.05) is 18.2 Å². The number of nitro groups is 1. The minimum absolute atomic E-state index is 0.254. The smallest absolute Gasteiger partial charge is 0.492 e. The van der Waals surface area contributed by atoms with Crippen molar-refractivity contribution >= 4 is 12.6 Å². The summed E-state index contributed by atoms with van der Waals surface area (Å²) >= 11 is 0. The first kappa shape index (κ1) is 10.6. The zero-order valence-electron chi connectivity index (χ0n) is 9.00. The molecule has 0 spiro atoms. The van der Waals surface area contributed by atoms with Crippen molar-refractivity contribution in [3.63, 3.8) is 0 Å². The zero-order valence-corrected chi connectivity index (χ0v) is 9.00. The Kier molecular flexibility index (Phi) is 2.49. The van der Waals surface area contributed by atoms with Crippen LogP contribution in [0, 0.1) is 10.1 Å². The molecule has 0 N–H and O–H groups in total. The normalized spacial score (nSPS) is 21.6. The van der Waals surface area contributed by atoms with E-state index in [4.69, 9.17) is 14.0 Å². The Bertz CT molecular complexity index is 466. The van der Waals surface area contributed by atoms with Gasteiger partial charge < -0.3 is 14.0 Å². The molecule has 1 atom stereocenters. The van der Waals surface area contributed by atoms with Crippen molar-refractivity contribution in [1.82, 2.24) is 0 Å².